The van der Waals surface area contributed by atoms with Crippen molar-refractivity contribution < 1.29 is 37.3 Å². The second-order valence-corrected chi connectivity index (χ2v) is 17.8. The van der Waals surface area contributed by atoms with Crippen molar-refractivity contribution >= 4 is 13.8 Å². The number of phosphoric ester groups is 1. The number of carbonyl (C=O) groups is 1. The molecule has 0 bridgehead atoms. The molecule has 356 valence electrons. The maximum absolute atomic E-state index is 12.7. The van der Waals surface area contributed by atoms with E-state index in [9.17, 15) is 14.3 Å². The van der Waals surface area contributed by atoms with Crippen LogP contribution in [0.15, 0.2) is 134 Å². The molecule has 2 atom stereocenters. The maximum Gasteiger partial charge on any atom is 0.306 e. The summed E-state index contributed by atoms with van der Waals surface area (Å²) in [6.45, 7) is 4.99. The lowest BCUT2D eigenvalue weighted by Crippen LogP contribution is -2.37. The van der Waals surface area contributed by atoms with E-state index in [1.165, 1.54) is 0 Å². The first-order valence-electron chi connectivity index (χ1n) is 23.9. The zero-order valence-electron chi connectivity index (χ0n) is 40.2. The number of likely N-dealkylation sites (N-methyl/N-ethyl adjacent to an activating group) is 1. The summed E-state index contributed by atoms with van der Waals surface area (Å²) in [5.74, 6) is -0.380. The standard InChI is InChI=1S/C54H88NO7P/c1-6-8-10-12-14-16-18-20-22-24-26-27-28-29-30-31-33-35-37-39-41-43-45-47-54(56)62-53(52-61-63(57,58)60-50-48-55(3,4)5)51-59-49-46-44-42-40-38-36-34-32-25-23-21-19-17-15-13-11-9-7-2/h8-11,14-17,20-23,26-27,29-30,32-35,38,40,53H,6-7,12-13,18-19,24-25,28,31,36-37,39,41-52H2,1-5H3/b10-8-,11-9-,16-14-,17-15-,22-20-,23-21-,27-26-,30-29-,34-32-,35-33-,40-38-. The molecule has 0 aromatic rings. The van der Waals surface area contributed by atoms with E-state index in [0.717, 1.165) is 116 Å². The van der Waals surface area contributed by atoms with Crippen molar-refractivity contribution in [3.8, 4) is 0 Å². The molecule has 2 unspecified atom stereocenters. The fourth-order valence-corrected chi connectivity index (χ4v) is 6.30. The number of phosphoric acid groups is 1. The zero-order valence-corrected chi connectivity index (χ0v) is 41.1. The Labute approximate surface area is 385 Å². The molecule has 0 aliphatic heterocycles. The third kappa shape index (κ3) is 49.5. The van der Waals surface area contributed by atoms with Gasteiger partial charge in [0.2, 0.25) is 0 Å². The van der Waals surface area contributed by atoms with Crippen LogP contribution in [0.4, 0.5) is 0 Å². The number of quaternary nitrogens is 1. The fourth-order valence-electron chi connectivity index (χ4n) is 5.57. The average Bonchev–Trinajstić information content (AvgIpc) is 3.24. The average molecular weight is 894 g/mol. The predicted octanol–water partition coefficient (Wildman–Crippen LogP) is 14.1. The predicted molar refractivity (Wildman–Crippen MR) is 267 cm³/mol. The first-order valence-corrected chi connectivity index (χ1v) is 25.4. The monoisotopic (exact) mass is 894 g/mol. The van der Waals surface area contributed by atoms with Crippen LogP contribution in [-0.2, 0) is 27.9 Å². The Hall–Kier alpha value is -3.36. The Morgan fingerprint density at radius 1 is 0.492 bits per heavy atom. The number of rotatable bonds is 42. The molecule has 0 amide bonds. The Bertz CT molecular complexity index is 1460. The van der Waals surface area contributed by atoms with E-state index in [0.29, 0.717) is 24.1 Å². The molecule has 0 N–H and O–H groups in total. The van der Waals surface area contributed by atoms with Crippen LogP contribution < -0.4 is 4.89 Å². The molecule has 9 heteroatoms. The third-order valence-electron chi connectivity index (χ3n) is 9.20. The summed E-state index contributed by atoms with van der Waals surface area (Å²) in [6.07, 6.45) is 66.2. The van der Waals surface area contributed by atoms with Gasteiger partial charge in [0.05, 0.1) is 34.4 Å². The molecule has 8 nitrogen and oxygen atoms in total. The minimum absolute atomic E-state index is 0.00319. The van der Waals surface area contributed by atoms with E-state index in [-0.39, 0.29) is 32.2 Å². The van der Waals surface area contributed by atoms with Crippen molar-refractivity contribution in [3.63, 3.8) is 0 Å². The van der Waals surface area contributed by atoms with Gasteiger partial charge in [0.15, 0.2) is 0 Å². The van der Waals surface area contributed by atoms with E-state index in [1.54, 1.807) is 0 Å². The molecule has 0 aromatic heterocycles. The van der Waals surface area contributed by atoms with Crippen LogP contribution in [0.3, 0.4) is 0 Å². The summed E-state index contributed by atoms with van der Waals surface area (Å²) in [5.41, 5.74) is 0. The number of esters is 1. The van der Waals surface area contributed by atoms with Gasteiger partial charge in [-0.25, -0.2) is 0 Å². The molecule has 0 heterocycles. The minimum atomic E-state index is -4.56. The highest BCUT2D eigenvalue weighted by atomic mass is 31.2. The molecular formula is C54H88NO7P. The first kappa shape index (κ1) is 59.6. The van der Waals surface area contributed by atoms with Gasteiger partial charge in [0, 0.05) is 13.0 Å². The highest BCUT2D eigenvalue weighted by molar-refractivity contribution is 7.45. The smallest absolute Gasteiger partial charge is 0.306 e. The molecule has 0 fully saturated rings. The summed E-state index contributed by atoms with van der Waals surface area (Å²) >= 11 is 0. The highest BCUT2D eigenvalue weighted by Crippen LogP contribution is 2.38. The Morgan fingerprint density at radius 2 is 0.873 bits per heavy atom. The van der Waals surface area contributed by atoms with Crippen LogP contribution in [0.1, 0.15) is 142 Å². The molecule has 0 aliphatic rings. The second kappa shape index (κ2) is 45.2. The lowest BCUT2D eigenvalue weighted by atomic mass is 10.1. The van der Waals surface area contributed by atoms with Crippen molar-refractivity contribution in [2.45, 2.75) is 148 Å². The Kier molecular flexibility index (Phi) is 42.8. The van der Waals surface area contributed by atoms with Crippen LogP contribution in [0, 0.1) is 0 Å². The fraction of sp³-hybridized carbons (Fsp3) is 0.574. The normalized spacial score (nSPS) is 14.8. The largest absolute Gasteiger partial charge is 0.756 e. The van der Waals surface area contributed by atoms with Crippen molar-refractivity contribution in [2.24, 2.45) is 0 Å². The molecule has 0 aliphatic carbocycles. The van der Waals surface area contributed by atoms with E-state index < -0.39 is 13.9 Å². The molecule has 0 aromatic carbocycles. The maximum atomic E-state index is 12.7. The van der Waals surface area contributed by atoms with E-state index in [4.69, 9.17) is 18.5 Å². The second-order valence-electron chi connectivity index (χ2n) is 16.3. The van der Waals surface area contributed by atoms with Gasteiger partial charge in [0.1, 0.15) is 19.3 Å². The Balaban J connectivity index is 4.37. The van der Waals surface area contributed by atoms with Crippen molar-refractivity contribution in [1.29, 1.82) is 0 Å². The molecule has 0 radical (unpaired) electrons. The molecule has 63 heavy (non-hydrogen) atoms. The number of nitrogens with zero attached hydrogens (tertiary/aromatic N) is 1. The van der Waals surface area contributed by atoms with Gasteiger partial charge >= 0.3 is 5.97 Å². The third-order valence-corrected chi connectivity index (χ3v) is 10.2. The molecule has 0 saturated heterocycles. The first-order chi connectivity index (χ1) is 30.6. The lowest BCUT2D eigenvalue weighted by molar-refractivity contribution is -0.870. The van der Waals surface area contributed by atoms with Crippen molar-refractivity contribution in [2.75, 3.05) is 54.1 Å². The highest BCUT2D eigenvalue weighted by Gasteiger charge is 2.20. The number of carbonyl (C=O) groups excluding carboxylic acids is 1. The van der Waals surface area contributed by atoms with E-state index in [2.05, 4.69) is 148 Å². The minimum Gasteiger partial charge on any atom is -0.756 e. The molecule has 0 spiro atoms. The molecule has 0 saturated carbocycles. The van der Waals surface area contributed by atoms with Crippen molar-refractivity contribution in [3.05, 3.63) is 134 Å². The summed E-state index contributed by atoms with van der Waals surface area (Å²) in [7, 11) is 1.28. The zero-order chi connectivity index (χ0) is 46.2. The van der Waals surface area contributed by atoms with Crippen LogP contribution in [-0.4, -0.2) is 70.7 Å². The van der Waals surface area contributed by atoms with Gasteiger partial charge in [-0.15, -0.1) is 0 Å². The van der Waals surface area contributed by atoms with Crippen LogP contribution >= 0.6 is 7.82 Å². The summed E-state index contributed by atoms with van der Waals surface area (Å²) in [6, 6.07) is 0. The van der Waals surface area contributed by atoms with E-state index >= 15 is 0 Å². The number of ether oxygens (including phenoxy) is 2. The van der Waals surface area contributed by atoms with Gasteiger partial charge < -0.3 is 27.9 Å². The number of unbranched alkanes of at least 4 members (excludes halogenated alkanes) is 6. The summed E-state index contributed by atoms with van der Waals surface area (Å²) in [4.78, 5) is 25.1. The molecule has 0 rings (SSSR count). The SMILES string of the molecule is CC/C=C\C/C=C\C/C=C\C/C=C\C/C=C\C/C=C\CCCCCCC(=O)OC(COCCCC/C=C\C/C=C\C/C=C\C/C=C\C/C=C\CC)COP(=O)([O-])OCC[N+](C)(C)C. The lowest BCUT2D eigenvalue weighted by Gasteiger charge is -2.28. The Morgan fingerprint density at radius 3 is 1.29 bits per heavy atom. The van der Waals surface area contributed by atoms with Gasteiger partial charge in [-0.3, -0.25) is 9.36 Å². The van der Waals surface area contributed by atoms with Crippen LogP contribution in [0.2, 0.25) is 0 Å². The van der Waals surface area contributed by atoms with Gasteiger partial charge in [0.25, 0.3) is 7.82 Å². The van der Waals surface area contributed by atoms with Gasteiger partial charge in [-0.05, 0) is 109 Å². The topological polar surface area (TPSA) is 94.1 Å². The van der Waals surface area contributed by atoms with Gasteiger partial charge in [-0.2, -0.15) is 0 Å². The number of hydrogen-bond acceptors (Lipinski definition) is 7. The van der Waals surface area contributed by atoms with Crippen LogP contribution in [0.5, 0.6) is 0 Å². The summed E-state index contributed by atoms with van der Waals surface area (Å²) in [5, 5.41) is 0. The number of allylic oxidation sites excluding steroid dienone is 22. The number of hydrogen-bond donors (Lipinski definition) is 0. The van der Waals surface area contributed by atoms with Crippen LogP contribution in [0.25, 0.3) is 0 Å². The van der Waals surface area contributed by atoms with Crippen molar-refractivity contribution in [1.82, 2.24) is 0 Å². The summed E-state index contributed by atoms with van der Waals surface area (Å²) < 4.78 is 34.6. The molecular weight excluding hydrogens is 806 g/mol. The van der Waals surface area contributed by atoms with Gasteiger partial charge in [-0.1, -0.05) is 160 Å². The quantitative estimate of drug-likeness (QED) is 0.0198. The van der Waals surface area contributed by atoms with E-state index in [1.807, 2.05) is 21.1 Å².